The number of aromatic hydroxyl groups is 1. The van der Waals surface area contributed by atoms with Crippen LogP contribution in [0.5, 0.6) is 5.75 Å². The van der Waals surface area contributed by atoms with Crippen molar-refractivity contribution in [1.82, 2.24) is 25.1 Å². The minimum atomic E-state index is -1.09. The van der Waals surface area contributed by atoms with E-state index in [0.717, 1.165) is 24.0 Å². The van der Waals surface area contributed by atoms with Gasteiger partial charge in [0.25, 0.3) is 5.91 Å². The number of aliphatic hydroxyl groups excluding tert-OH is 1. The number of hydrogen-bond donors (Lipinski definition) is 4. The molecule has 2 atom stereocenters. The molecule has 2 aliphatic heterocycles. The summed E-state index contributed by atoms with van der Waals surface area (Å²) < 4.78 is 5.57. The predicted molar refractivity (Wildman–Crippen MR) is 147 cm³/mol. The van der Waals surface area contributed by atoms with Crippen LogP contribution in [0.2, 0.25) is 0 Å². The number of anilines is 1. The summed E-state index contributed by atoms with van der Waals surface area (Å²) in [6, 6.07) is 5.96. The molecule has 0 radical (unpaired) electrons. The first kappa shape index (κ1) is 29.1. The average Bonchev–Trinajstić information content (AvgIpc) is 2.90. The number of carbonyl (C=O) groups is 3. The number of nitrogens with one attached hydrogen (secondary N) is 2. The van der Waals surface area contributed by atoms with Crippen LogP contribution < -0.4 is 10.6 Å². The SMILES string of the molecule is CC(=O)N1CCC(Nc2cc(C(=O)NC[C@@H](O)[C@@H]3Cc4ccc(O)cc4CN3C(=O)OC(C)(C)C)ncn2)CC1. The molecule has 4 N–H and O–H groups in total. The Morgan fingerprint density at radius 1 is 1.12 bits per heavy atom. The highest BCUT2D eigenvalue weighted by Crippen LogP contribution is 2.29. The fraction of sp³-hybridized carbons (Fsp3) is 0.536. The molecule has 12 nitrogen and oxygen atoms in total. The second-order valence-corrected chi connectivity index (χ2v) is 11.3. The number of piperidine rings is 1. The summed E-state index contributed by atoms with van der Waals surface area (Å²) in [6.45, 7) is 8.22. The van der Waals surface area contributed by atoms with Crippen molar-refractivity contribution in [3.8, 4) is 5.75 Å². The molecule has 0 spiro atoms. The van der Waals surface area contributed by atoms with E-state index in [1.54, 1.807) is 56.9 Å². The maximum absolute atomic E-state index is 13.0. The Bertz CT molecular complexity index is 1240. The van der Waals surface area contributed by atoms with E-state index < -0.39 is 29.7 Å². The molecule has 1 aromatic heterocycles. The molecule has 0 saturated carbocycles. The lowest BCUT2D eigenvalue weighted by molar-refractivity contribution is -0.129. The quantitative estimate of drug-likeness (QED) is 0.420. The Kier molecular flexibility index (Phi) is 8.77. The molecule has 216 valence electrons. The van der Waals surface area contributed by atoms with E-state index in [-0.39, 0.29) is 36.5 Å². The number of carbonyl (C=O) groups excluding carboxylic acids is 3. The Morgan fingerprint density at radius 2 is 1.85 bits per heavy atom. The van der Waals surface area contributed by atoms with Crippen molar-refractivity contribution < 1.29 is 29.3 Å². The number of benzene rings is 1. The third-order valence-electron chi connectivity index (χ3n) is 7.10. The summed E-state index contributed by atoms with van der Waals surface area (Å²) in [6.07, 6.45) is 1.50. The van der Waals surface area contributed by atoms with Gasteiger partial charge < -0.3 is 30.5 Å². The molecule has 40 heavy (non-hydrogen) atoms. The molecule has 1 saturated heterocycles. The first-order chi connectivity index (χ1) is 18.9. The summed E-state index contributed by atoms with van der Waals surface area (Å²) in [4.78, 5) is 49.0. The van der Waals surface area contributed by atoms with Gasteiger partial charge in [0.15, 0.2) is 0 Å². The van der Waals surface area contributed by atoms with Crippen LogP contribution in [0.1, 0.15) is 62.2 Å². The maximum Gasteiger partial charge on any atom is 0.410 e. The third-order valence-corrected chi connectivity index (χ3v) is 7.10. The van der Waals surface area contributed by atoms with E-state index in [0.29, 0.717) is 25.3 Å². The first-order valence-electron chi connectivity index (χ1n) is 13.5. The van der Waals surface area contributed by atoms with Gasteiger partial charge in [-0.25, -0.2) is 14.8 Å². The van der Waals surface area contributed by atoms with E-state index in [2.05, 4.69) is 20.6 Å². The molecular formula is C28H38N6O6. The zero-order chi connectivity index (χ0) is 29.0. The van der Waals surface area contributed by atoms with Crippen LogP contribution in [-0.4, -0.2) is 91.3 Å². The second kappa shape index (κ2) is 12.1. The van der Waals surface area contributed by atoms with Crippen molar-refractivity contribution >= 4 is 23.7 Å². The normalized spacial score (nSPS) is 18.5. The average molecular weight is 555 g/mol. The number of nitrogens with zero attached hydrogens (tertiary/aromatic N) is 4. The molecule has 3 heterocycles. The van der Waals surface area contributed by atoms with Crippen LogP contribution in [0.25, 0.3) is 0 Å². The van der Waals surface area contributed by atoms with Gasteiger partial charge in [-0.2, -0.15) is 0 Å². The Balaban J connectivity index is 1.39. The number of ether oxygens (including phenoxy) is 1. The van der Waals surface area contributed by atoms with Crippen molar-refractivity contribution in [2.24, 2.45) is 0 Å². The van der Waals surface area contributed by atoms with E-state index in [1.807, 2.05) is 0 Å². The van der Waals surface area contributed by atoms with Gasteiger partial charge in [0.1, 0.15) is 29.2 Å². The van der Waals surface area contributed by atoms with Crippen LogP contribution in [0.3, 0.4) is 0 Å². The van der Waals surface area contributed by atoms with E-state index in [9.17, 15) is 24.6 Å². The molecular weight excluding hydrogens is 516 g/mol. The number of phenolic OH excluding ortho intramolecular Hbond substituents is 1. The smallest absolute Gasteiger partial charge is 0.410 e. The molecule has 12 heteroatoms. The van der Waals surface area contributed by atoms with Crippen LogP contribution in [0, 0.1) is 0 Å². The minimum absolute atomic E-state index is 0.0626. The van der Waals surface area contributed by atoms with E-state index in [1.165, 1.54) is 11.2 Å². The summed E-state index contributed by atoms with van der Waals surface area (Å²) in [5.74, 6) is 0.174. The number of fused-ring (bicyclic) bond motifs is 1. The lowest BCUT2D eigenvalue weighted by Crippen LogP contribution is -2.54. The molecule has 1 fully saturated rings. The highest BCUT2D eigenvalue weighted by Gasteiger charge is 2.37. The molecule has 0 aliphatic carbocycles. The molecule has 1 aromatic carbocycles. The highest BCUT2D eigenvalue weighted by molar-refractivity contribution is 5.92. The van der Waals surface area contributed by atoms with Crippen LogP contribution in [0.4, 0.5) is 10.6 Å². The lowest BCUT2D eigenvalue weighted by atomic mass is 9.91. The molecule has 4 rings (SSSR count). The number of likely N-dealkylation sites (tertiary alicyclic amines) is 1. The fourth-order valence-corrected chi connectivity index (χ4v) is 4.99. The van der Waals surface area contributed by atoms with Gasteiger partial charge in [-0.15, -0.1) is 0 Å². The zero-order valence-corrected chi connectivity index (χ0v) is 23.4. The minimum Gasteiger partial charge on any atom is -0.508 e. The van der Waals surface area contributed by atoms with Crippen molar-refractivity contribution in [2.75, 3.05) is 25.0 Å². The zero-order valence-electron chi connectivity index (χ0n) is 23.4. The number of amides is 3. The topological polar surface area (TPSA) is 157 Å². The number of rotatable bonds is 6. The van der Waals surface area contributed by atoms with Gasteiger partial charge in [0.05, 0.1) is 12.1 Å². The largest absolute Gasteiger partial charge is 0.508 e. The third kappa shape index (κ3) is 7.38. The molecule has 3 amide bonds. The monoisotopic (exact) mass is 554 g/mol. The van der Waals surface area contributed by atoms with Crippen molar-refractivity contribution in [3.05, 3.63) is 47.4 Å². The fourth-order valence-electron chi connectivity index (χ4n) is 4.99. The summed E-state index contributed by atoms with van der Waals surface area (Å²) in [7, 11) is 0. The number of aliphatic hydroxyl groups is 1. The van der Waals surface area contributed by atoms with Crippen LogP contribution in [0.15, 0.2) is 30.6 Å². The van der Waals surface area contributed by atoms with Crippen molar-refractivity contribution in [2.45, 2.75) is 77.3 Å². The molecule has 0 bridgehead atoms. The standard InChI is InChI=1S/C28H38N6O6/c1-17(35)33-9-7-20(8-10-33)32-25-13-22(30-16-31-25)26(38)29-14-24(37)23-12-18-5-6-21(36)11-19(18)15-34(23)27(39)40-28(2,3)4/h5-6,11,13,16,20,23-24,36-37H,7-10,12,14-15H2,1-4H3,(H,29,38)(H,30,31,32)/t23-,24+/m0/s1. The number of hydrogen-bond acceptors (Lipinski definition) is 9. The Morgan fingerprint density at radius 3 is 2.52 bits per heavy atom. The summed E-state index contributed by atoms with van der Waals surface area (Å²) >= 11 is 0. The lowest BCUT2D eigenvalue weighted by Gasteiger charge is -2.40. The molecule has 2 aliphatic rings. The Hall–Kier alpha value is -3.93. The molecule has 0 unspecified atom stereocenters. The van der Waals surface area contributed by atoms with Crippen LogP contribution >= 0.6 is 0 Å². The van der Waals surface area contributed by atoms with Gasteiger partial charge in [0.2, 0.25) is 5.91 Å². The van der Waals surface area contributed by atoms with Gasteiger partial charge in [-0.05, 0) is 63.3 Å². The van der Waals surface area contributed by atoms with Gasteiger partial charge in [0, 0.05) is 45.2 Å². The maximum atomic E-state index is 13.0. The highest BCUT2D eigenvalue weighted by atomic mass is 16.6. The number of aromatic nitrogens is 2. The Labute approximate surface area is 233 Å². The first-order valence-corrected chi connectivity index (χ1v) is 13.5. The van der Waals surface area contributed by atoms with Crippen molar-refractivity contribution in [1.29, 1.82) is 0 Å². The second-order valence-electron chi connectivity index (χ2n) is 11.3. The summed E-state index contributed by atoms with van der Waals surface area (Å²) in [5.41, 5.74) is 1.07. The van der Waals surface area contributed by atoms with Gasteiger partial charge in [-0.1, -0.05) is 6.07 Å². The number of phenols is 1. The van der Waals surface area contributed by atoms with Crippen molar-refractivity contribution in [3.63, 3.8) is 0 Å². The van der Waals surface area contributed by atoms with E-state index >= 15 is 0 Å². The predicted octanol–water partition coefficient (Wildman–Crippen LogP) is 2.06. The van der Waals surface area contributed by atoms with Gasteiger partial charge >= 0.3 is 6.09 Å². The van der Waals surface area contributed by atoms with Gasteiger partial charge in [-0.3, -0.25) is 14.5 Å². The molecule has 2 aromatic rings. The summed E-state index contributed by atoms with van der Waals surface area (Å²) in [5, 5.41) is 27.0. The van der Waals surface area contributed by atoms with E-state index in [4.69, 9.17) is 4.74 Å². The van der Waals surface area contributed by atoms with Crippen LogP contribution in [-0.2, 0) is 22.5 Å².